The van der Waals surface area contributed by atoms with Gasteiger partial charge in [0.2, 0.25) is 5.89 Å². The molecule has 1 heterocycles. The van der Waals surface area contributed by atoms with Crippen LogP contribution in [0.1, 0.15) is 18.6 Å². The second kappa shape index (κ2) is 2.05. The smallest absolute Gasteiger partial charge is 0.221 e. The van der Waals surface area contributed by atoms with Crippen molar-refractivity contribution in [2.45, 2.75) is 13.8 Å². The maximum atomic E-state index is 5.13. The molecule has 0 saturated carbocycles. The fraction of sp³-hybridized carbons (Fsp3) is 0.286. The standard InChI is InChI=1S/C7H9NO/c1-5(2)7-8-4-6(3)9-7/h4H,1H2,2-3H3. The SMILES string of the molecule is C=C(C)c1ncc(C)o1. The van der Waals surface area contributed by atoms with Crippen LogP contribution >= 0.6 is 0 Å². The van der Waals surface area contributed by atoms with Crippen molar-refractivity contribution in [1.82, 2.24) is 4.98 Å². The Morgan fingerprint density at radius 1 is 1.78 bits per heavy atom. The zero-order valence-electron chi connectivity index (χ0n) is 5.64. The highest BCUT2D eigenvalue weighted by Crippen LogP contribution is 2.09. The molecule has 9 heavy (non-hydrogen) atoms. The van der Waals surface area contributed by atoms with Crippen molar-refractivity contribution in [3.63, 3.8) is 0 Å². The summed E-state index contributed by atoms with van der Waals surface area (Å²) in [6.07, 6.45) is 1.68. The highest BCUT2D eigenvalue weighted by Gasteiger charge is 1.97. The zero-order valence-corrected chi connectivity index (χ0v) is 5.64. The Hall–Kier alpha value is -1.05. The maximum absolute atomic E-state index is 5.13. The van der Waals surface area contributed by atoms with E-state index in [1.165, 1.54) is 0 Å². The van der Waals surface area contributed by atoms with Gasteiger partial charge in [-0.15, -0.1) is 0 Å². The molecule has 0 fully saturated rings. The van der Waals surface area contributed by atoms with E-state index < -0.39 is 0 Å². The molecule has 0 aliphatic carbocycles. The number of aromatic nitrogens is 1. The van der Waals surface area contributed by atoms with Gasteiger partial charge in [-0.3, -0.25) is 0 Å². The van der Waals surface area contributed by atoms with Gasteiger partial charge in [-0.2, -0.15) is 0 Å². The number of rotatable bonds is 1. The zero-order chi connectivity index (χ0) is 6.85. The van der Waals surface area contributed by atoms with E-state index in [-0.39, 0.29) is 0 Å². The lowest BCUT2D eigenvalue weighted by Gasteiger charge is -1.86. The minimum atomic E-state index is 0.632. The summed E-state index contributed by atoms with van der Waals surface area (Å²) in [5.74, 6) is 1.46. The van der Waals surface area contributed by atoms with Crippen molar-refractivity contribution in [1.29, 1.82) is 0 Å². The third kappa shape index (κ3) is 1.19. The molecule has 0 aliphatic heterocycles. The molecule has 0 N–H and O–H groups in total. The molecule has 0 aliphatic rings. The molecule has 0 amide bonds. The first-order valence-corrected chi connectivity index (χ1v) is 2.78. The highest BCUT2D eigenvalue weighted by molar-refractivity contribution is 5.52. The number of hydrogen-bond donors (Lipinski definition) is 0. The molecule has 0 bridgehead atoms. The molecule has 0 spiro atoms. The molecule has 0 saturated heterocycles. The molecule has 0 unspecified atom stereocenters. The van der Waals surface area contributed by atoms with Gasteiger partial charge in [0.1, 0.15) is 5.76 Å². The van der Waals surface area contributed by atoms with E-state index >= 15 is 0 Å². The molecule has 1 aromatic heterocycles. The van der Waals surface area contributed by atoms with E-state index in [2.05, 4.69) is 11.6 Å². The van der Waals surface area contributed by atoms with Gasteiger partial charge in [0.15, 0.2) is 0 Å². The Morgan fingerprint density at radius 3 is 2.67 bits per heavy atom. The second-order valence-electron chi connectivity index (χ2n) is 2.06. The Morgan fingerprint density at radius 2 is 2.44 bits per heavy atom. The van der Waals surface area contributed by atoms with Crippen LogP contribution in [0.5, 0.6) is 0 Å². The fourth-order valence-corrected chi connectivity index (χ4v) is 0.552. The average Bonchev–Trinajstić information content (AvgIpc) is 2.14. The van der Waals surface area contributed by atoms with Crippen molar-refractivity contribution < 1.29 is 4.42 Å². The van der Waals surface area contributed by atoms with Crippen LogP contribution in [0.3, 0.4) is 0 Å². The summed E-state index contributed by atoms with van der Waals surface area (Å²) >= 11 is 0. The molecule has 0 radical (unpaired) electrons. The van der Waals surface area contributed by atoms with Crippen molar-refractivity contribution in [2.75, 3.05) is 0 Å². The monoisotopic (exact) mass is 123 g/mol. The average molecular weight is 123 g/mol. The fourth-order valence-electron chi connectivity index (χ4n) is 0.552. The molecular weight excluding hydrogens is 114 g/mol. The molecule has 1 aromatic rings. The van der Waals surface area contributed by atoms with E-state index in [4.69, 9.17) is 4.42 Å². The van der Waals surface area contributed by atoms with Crippen LogP contribution in [0, 0.1) is 6.92 Å². The van der Waals surface area contributed by atoms with Crippen LogP contribution in [0.4, 0.5) is 0 Å². The first-order chi connectivity index (χ1) is 4.20. The van der Waals surface area contributed by atoms with Crippen molar-refractivity contribution >= 4 is 5.57 Å². The number of aryl methyl sites for hydroxylation is 1. The van der Waals surface area contributed by atoms with Gasteiger partial charge in [-0.1, -0.05) is 6.58 Å². The topological polar surface area (TPSA) is 26.0 Å². The van der Waals surface area contributed by atoms with E-state index in [1.807, 2.05) is 13.8 Å². The summed E-state index contributed by atoms with van der Waals surface area (Å²) in [7, 11) is 0. The Bertz CT molecular complexity index is 225. The van der Waals surface area contributed by atoms with Crippen LogP contribution in [0.25, 0.3) is 5.57 Å². The summed E-state index contributed by atoms with van der Waals surface area (Å²) < 4.78 is 5.13. The van der Waals surface area contributed by atoms with Gasteiger partial charge < -0.3 is 4.42 Å². The number of hydrogen-bond acceptors (Lipinski definition) is 2. The van der Waals surface area contributed by atoms with Crippen LogP contribution < -0.4 is 0 Å². The third-order valence-corrected chi connectivity index (χ3v) is 0.986. The second-order valence-corrected chi connectivity index (χ2v) is 2.06. The van der Waals surface area contributed by atoms with E-state index in [9.17, 15) is 0 Å². The molecule has 2 heteroatoms. The lowest BCUT2D eigenvalue weighted by molar-refractivity contribution is 0.513. The van der Waals surface area contributed by atoms with Gasteiger partial charge in [-0.25, -0.2) is 4.98 Å². The van der Waals surface area contributed by atoms with E-state index in [0.29, 0.717) is 5.89 Å². The summed E-state index contributed by atoms with van der Waals surface area (Å²) in [4.78, 5) is 3.95. The lowest BCUT2D eigenvalue weighted by Crippen LogP contribution is -1.72. The maximum Gasteiger partial charge on any atom is 0.221 e. The molecule has 2 nitrogen and oxygen atoms in total. The third-order valence-electron chi connectivity index (χ3n) is 0.986. The Balaban J connectivity index is 2.98. The molecule has 0 aromatic carbocycles. The Kier molecular flexibility index (Phi) is 1.39. The van der Waals surface area contributed by atoms with Gasteiger partial charge in [0.25, 0.3) is 0 Å². The van der Waals surface area contributed by atoms with Gasteiger partial charge in [0.05, 0.1) is 6.20 Å². The molecule has 1 rings (SSSR count). The normalized spacial score (nSPS) is 9.56. The van der Waals surface area contributed by atoms with Gasteiger partial charge >= 0.3 is 0 Å². The van der Waals surface area contributed by atoms with Crippen molar-refractivity contribution in [3.8, 4) is 0 Å². The summed E-state index contributed by atoms with van der Waals surface area (Å²) in [6, 6.07) is 0. The van der Waals surface area contributed by atoms with Crippen LogP contribution in [0.2, 0.25) is 0 Å². The first kappa shape index (κ1) is 6.08. The quantitative estimate of drug-likeness (QED) is 0.571. The summed E-state index contributed by atoms with van der Waals surface area (Å²) in [5.41, 5.74) is 0.864. The van der Waals surface area contributed by atoms with Crippen LogP contribution in [-0.2, 0) is 0 Å². The first-order valence-electron chi connectivity index (χ1n) is 2.78. The summed E-state index contributed by atoms with van der Waals surface area (Å²) in [6.45, 7) is 7.41. The lowest BCUT2D eigenvalue weighted by atomic mass is 10.4. The van der Waals surface area contributed by atoms with Crippen LogP contribution in [-0.4, -0.2) is 4.98 Å². The predicted octanol–water partition coefficient (Wildman–Crippen LogP) is 2.02. The van der Waals surface area contributed by atoms with Gasteiger partial charge in [0, 0.05) is 5.57 Å². The predicted molar refractivity (Wildman–Crippen MR) is 35.9 cm³/mol. The summed E-state index contributed by atoms with van der Waals surface area (Å²) in [5, 5.41) is 0. The van der Waals surface area contributed by atoms with Crippen molar-refractivity contribution in [3.05, 3.63) is 24.4 Å². The minimum Gasteiger partial charge on any atom is -0.442 e. The highest BCUT2D eigenvalue weighted by atomic mass is 16.4. The minimum absolute atomic E-state index is 0.632. The number of nitrogens with zero attached hydrogens (tertiary/aromatic N) is 1. The number of allylic oxidation sites excluding steroid dienone is 1. The van der Waals surface area contributed by atoms with Gasteiger partial charge in [-0.05, 0) is 13.8 Å². The Labute approximate surface area is 54.2 Å². The number of oxazole rings is 1. The van der Waals surface area contributed by atoms with Crippen molar-refractivity contribution in [2.24, 2.45) is 0 Å². The van der Waals surface area contributed by atoms with E-state index in [1.54, 1.807) is 6.20 Å². The van der Waals surface area contributed by atoms with Crippen LogP contribution in [0.15, 0.2) is 17.2 Å². The molecule has 48 valence electrons. The largest absolute Gasteiger partial charge is 0.442 e. The van der Waals surface area contributed by atoms with E-state index in [0.717, 1.165) is 11.3 Å². The molecular formula is C7H9NO. The molecule has 0 atom stereocenters.